The number of amides is 4. The molecule has 166 valence electrons. The molecule has 2 aromatic rings. The number of methoxy groups -OCH3 is 1. The van der Waals surface area contributed by atoms with E-state index in [0.29, 0.717) is 23.7 Å². The van der Waals surface area contributed by atoms with Crippen LogP contribution >= 0.6 is 0 Å². The maximum Gasteiger partial charge on any atom is 0.338 e. The molecule has 9 nitrogen and oxygen atoms in total. The van der Waals surface area contributed by atoms with Crippen LogP contribution in [0.5, 0.6) is 11.5 Å². The van der Waals surface area contributed by atoms with Gasteiger partial charge in [-0.15, -0.1) is 0 Å². The number of ether oxygens (including phenoxy) is 3. The molecule has 9 heteroatoms. The molecule has 4 amide bonds. The van der Waals surface area contributed by atoms with Crippen molar-refractivity contribution in [1.82, 2.24) is 5.32 Å². The van der Waals surface area contributed by atoms with Crippen LogP contribution in [0.25, 0.3) is 6.08 Å². The summed E-state index contributed by atoms with van der Waals surface area (Å²) in [5.41, 5.74) is 0.689. The lowest BCUT2D eigenvalue weighted by molar-refractivity contribution is -0.122. The van der Waals surface area contributed by atoms with Gasteiger partial charge in [-0.2, -0.15) is 0 Å². The van der Waals surface area contributed by atoms with Crippen molar-refractivity contribution in [3.05, 3.63) is 59.2 Å². The van der Waals surface area contributed by atoms with Gasteiger partial charge in [0.2, 0.25) is 0 Å². The van der Waals surface area contributed by atoms with Crippen molar-refractivity contribution in [1.29, 1.82) is 0 Å². The summed E-state index contributed by atoms with van der Waals surface area (Å²) in [7, 11) is 1.51. The number of esters is 1. The SMILES string of the molecule is CCOC(=O)c1ccc(N2C(=O)NC(=O)/C(=C\c3ccc(OC)cc3OCC)C2=O)cc1. The summed E-state index contributed by atoms with van der Waals surface area (Å²) in [6.07, 6.45) is 1.36. The Bertz CT molecular complexity index is 1090. The van der Waals surface area contributed by atoms with Gasteiger partial charge in [0.25, 0.3) is 11.8 Å². The fraction of sp³-hybridized carbons (Fsp3) is 0.217. The Morgan fingerprint density at radius 3 is 2.38 bits per heavy atom. The number of hydrogen-bond acceptors (Lipinski definition) is 7. The topological polar surface area (TPSA) is 111 Å². The predicted octanol–water partition coefficient (Wildman–Crippen LogP) is 2.94. The highest BCUT2D eigenvalue weighted by molar-refractivity contribution is 6.39. The van der Waals surface area contributed by atoms with E-state index in [1.165, 1.54) is 37.5 Å². The zero-order valence-corrected chi connectivity index (χ0v) is 17.8. The van der Waals surface area contributed by atoms with Crippen LogP contribution < -0.4 is 19.7 Å². The Balaban J connectivity index is 1.96. The second-order valence-electron chi connectivity index (χ2n) is 6.56. The summed E-state index contributed by atoms with van der Waals surface area (Å²) < 4.78 is 15.7. The maximum atomic E-state index is 13.1. The lowest BCUT2D eigenvalue weighted by Crippen LogP contribution is -2.54. The highest BCUT2D eigenvalue weighted by Gasteiger charge is 2.37. The van der Waals surface area contributed by atoms with E-state index in [9.17, 15) is 19.2 Å². The minimum Gasteiger partial charge on any atom is -0.497 e. The van der Waals surface area contributed by atoms with Crippen LogP contribution in [0.1, 0.15) is 29.8 Å². The molecule has 0 bridgehead atoms. The van der Waals surface area contributed by atoms with Crippen LogP contribution in [0, 0.1) is 0 Å². The standard InChI is InChI=1S/C23H22N2O7/c1-4-31-19-13-17(30-3)11-8-15(19)12-18-20(26)24-23(29)25(21(18)27)16-9-6-14(7-10-16)22(28)32-5-2/h6-13H,4-5H2,1-3H3,(H,24,26,29)/b18-12+. The number of benzene rings is 2. The normalized spacial score (nSPS) is 14.9. The first kappa shape index (κ1) is 22.5. The molecule has 0 radical (unpaired) electrons. The third-order valence-corrected chi connectivity index (χ3v) is 4.56. The van der Waals surface area contributed by atoms with Gasteiger partial charge in [0, 0.05) is 11.6 Å². The van der Waals surface area contributed by atoms with Gasteiger partial charge in [0.1, 0.15) is 17.1 Å². The van der Waals surface area contributed by atoms with E-state index in [4.69, 9.17) is 14.2 Å². The van der Waals surface area contributed by atoms with Crippen molar-refractivity contribution in [2.45, 2.75) is 13.8 Å². The molecule has 0 aromatic heterocycles. The highest BCUT2D eigenvalue weighted by Crippen LogP contribution is 2.29. The summed E-state index contributed by atoms with van der Waals surface area (Å²) in [4.78, 5) is 50.6. The van der Waals surface area contributed by atoms with Gasteiger partial charge in [-0.3, -0.25) is 14.9 Å². The Morgan fingerprint density at radius 2 is 1.75 bits per heavy atom. The first-order chi connectivity index (χ1) is 15.4. The van der Waals surface area contributed by atoms with E-state index in [0.717, 1.165) is 4.90 Å². The maximum absolute atomic E-state index is 13.1. The molecule has 1 aliphatic rings. The summed E-state index contributed by atoms with van der Waals surface area (Å²) >= 11 is 0. The van der Waals surface area contributed by atoms with Crippen molar-refractivity contribution in [3.8, 4) is 11.5 Å². The van der Waals surface area contributed by atoms with Gasteiger partial charge < -0.3 is 14.2 Å². The molecule has 0 saturated carbocycles. The van der Waals surface area contributed by atoms with Crippen molar-refractivity contribution < 1.29 is 33.4 Å². The average molecular weight is 438 g/mol. The van der Waals surface area contributed by atoms with Crippen molar-refractivity contribution >= 4 is 35.6 Å². The van der Waals surface area contributed by atoms with Crippen LogP contribution in [0.3, 0.4) is 0 Å². The van der Waals surface area contributed by atoms with Crippen molar-refractivity contribution in [2.75, 3.05) is 25.2 Å². The average Bonchev–Trinajstić information content (AvgIpc) is 2.78. The number of carbonyl (C=O) groups is 4. The molecule has 1 N–H and O–H groups in total. The second-order valence-corrected chi connectivity index (χ2v) is 6.56. The molecule has 0 atom stereocenters. The van der Waals surface area contributed by atoms with Crippen LogP contribution in [0.4, 0.5) is 10.5 Å². The fourth-order valence-electron chi connectivity index (χ4n) is 3.05. The number of hydrogen-bond donors (Lipinski definition) is 1. The molecule has 1 fully saturated rings. The Kier molecular flexibility index (Phi) is 6.89. The van der Waals surface area contributed by atoms with Gasteiger partial charge in [0.05, 0.1) is 31.6 Å². The van der Waals surface area contributed by atoms with E-state index < -0.39 is 23.8 Å². The van der Waals surface area contributed by atoms with E-state index >= 15 is 0 Å². The highest BCUT2D eigenvalue weighted by atomic mass is 16.5. The van der Waals surface area contributed by atoms with Crippen molar-refractivity contribution in [3.63, 3.8) is 0 Å². The second kappa shape index (κ2) is 9.78. The van der Waals surface area contributed by atoms with Crippen LogP contribution in [0.15, 0.2) is 48.0 Å². The molecular formula is C23H22N2O7. The minimum absolute atomic E-state index is 0.193. The molecule has 1 aliphatic heterocycles. The van der Waals surface area contributed by atoms with Gasteiger partial charge in [-0.1, -0.05) is 0 Å². The lowest BCUT2D eigenvalue weighted by atomic mass is 10.1. The number of rotatable bonds is 7. The lowest BCUT2D eigenvalue weighted by Gasteiger charge is -2.26. The molecule has 32 heavy (non-hydrogen) atoms. The van der Waals surface area contributed by atoms with Crippen LogP contribution in [0.2, 0.25) is 0 Å². The van der Waals surface area contributed by atoms with Gasteiger partial charge >= 0.3 is 12.0 Å². The molecule has 0 unspecified atom stereocenters. The number of nitrogens with zero attached hydrogens (tertiary/aromatic N) is 1. The molecule has 3 rings (SSSR count). The predicted molar refractivity (Wildman–Crippen MR) is 116 cm³/mol. The molecule has 0 aliphatic carbocycles. The van der Waals surface area contributed by atoms with Crippen molar-refractivity contribution in [2.24, 2.45) is 0 Å². The smallest absolute Gasteiger partial charge is 0.338 e. The number of anilines is 1. The monoisotopic (exact) mass is 438 g/mol. The number of imide groups is 2. The van der Waals surface area contributed by atoms with Gasteiger partial charge in [-0.05, 0) is 56.3 Å². The first-order valence-electron chi connectivity index (χ1n) is 9.89. The Morgan fingerprint density at radius 1 is 1.03 bits per heavy atom. The molecule has 1 heterocycles. The van der Waals surface area contributed by atoms with Crippen LogP contribution in [-0.2, 0) is 14.3 Å². The van der Waals surface area contributed by atoms with E-state index in [1.54, 1.807) is 32.0 Å². The summed E-state index contributed by atoms with van der Waals surface area (Å²) in [5.74, 6) is -1.18. The third kappa shape index (κ3) is 4.61. The number of urea groups is 1. The minimum atomic E-state index is -0.888. The fourth-order valence-corrected chi connectivity index (χ4v) is 3.05. The third-order valence-electron chi connectivity index (χ3n) is 4.56. The summed E-state index contributed by atoms with van der Waals surface area (Å²) in [5, 5.41) is 2.16. The Hall–Kier alpha value is -4.14. The first-order valence-corrected chi connectivity index (χ1v) is 9.89. The van der Waals surface area contributed by atoms with Gasteiger partial charge in [0.15, 0.2) is 0 Å². The summed E-state index contributed by atoms with van der Waals surface area (Å²) in [6, 6.07) is 9.78. The molecule has 1 saturated heterocycles. The molecule has 0 spiro atoms. The Labute approximate surface area is 184 Å². The molecule has 2 aromatic carbocycles. The van der Waals surface area contributed by atoms with Gasteiger partial charge in [-0.25, -0.2) is 14.5 Å². The largest absolute Gasteiger partial charge is 0.497 e. The molecular weight excluding hydrogens is 416 g/mol. The summed E-state index contributed by atoms with van der Waals surface area (Å²) in [6.45, 7) is 4.07. The zero-order valence-electron chi connectivity index (χ0n) is 17.8. The number of barbiturate groups is 1. The quantitative estimate of drug-likeness (QED) is 0.402. The van der Waals surface area contributed by atoms with E-state index in [-0.39, 0.29) is 23.4 Å². The number of carbonyl (C=O) groups excluding carboxylic acids is 4. The van der Waals surface area contributed by atoms with E-state index in [2.05, 4.69) is 5.32 Å². The van der Waals surface area contributed by atoms with Crippen LogP contribution in [-0.4, -0.2) is 44.1 Å². The zero-order chi connectivity index (χ0) is 23.3. The van der Waals surface area contributed by atoms with E-state index in [1.807, 2.05) is 0 Å². The number of nitrogens with one attached hydrogen (secondary N) is 1.